The molecular formula is C23H27FN6S. The molecule has 1 fully saturated rings. The molecule has 0 spiro atoms. The second-order valence-electron chi connectivity index (χ2n) is 9.89. The van der Waals surface area contributed by atoms with Crippen LogP contribution in [0.15, 0.2) is 30.7 Å². The van der Waals surface area contributed by atoms with E-state index in [-0.39, 0.29) is 16.9 Å². The number of piperidine rings is 1. The van der Waals surface area contributed by atoms with Crippen molar-refractivity contribution in [3.63, 3.8) is 0 Å². The van der Waals surface area contributed by atoms with Crippen molar-refractivity contribution < 1.29 is 4.39 Å². The summed E-state index contributed by atoms with van der Waals surface area (Å²) in [5.41, 5.74) is 3.54. The zero-order valence-corrected chi connectivity index (χ0v) is 19.3. The fourth-order valence-corrected chi connectivity index (χ4v) is 5.92. The summed E-state index contributed by atoms with van der Waals surface area (Å²) < 4.78 is 17.3. The van der Waals surface area contributed by atoms with Crippen LogP contribution in [0.2, 0.25) is 0 Å². The first-order valence-electron chi connectivity index (χ1n) is 10.5. The Bertz CT molecular complexity index is 1270. The number of imidazole rings is 1. The minimum absolute atomic E-state index is 0.0687. The van der Waals surface area contributed by atoms with Crippen LogP contribution < -0.4 is 10.6 Å². The SMILES string of the molecule is Cc1cn2cc(-c3cc4sc(NC5CC(C)(C)NC(C)(C)C5)nc4cn3)cc(F)c2n1. The topological polar surface area (TPSA) is 67.1 Å². The van der Waals surface area contributed by atoms with Crippen LogP contribution in [-0.4, -0.2) is 36.5 Å². The monoisotopic (exact) mass is 438 g/mol. The number of hydrogen-bond acceptors (Lipinski definition) is 6. The molecule has 0 radical (unpaired) electrons. The van der Waals surface area contributed by atoms with Gasteiger partial charge < -0.3 is 15.0 Å². The van der Waals surface area contributed by atoms with E-state index >= 15 is 0 Å². The zero-order valence-electron chi connectivity index (χ0n) is 18.5. The predicted molar refractivity (Wildman–Crippen MR) is 124 cm³/mol. The van der Waals surface area contributed by atoms with Gasteiger partial charge in [0.05, 0.1) is 22.3 Å². The van der Waals surface area contributed by atoms with Gasteiger partial charge in [-0.25, -0.2) is 14.4 Å². The number of pyridine rings is 2. The van der Waals surface area contributed by atoms with E-state index < -0.39 is 0 Å². The average molecular weight is 439 g/mol. The highest BCUT2D eigenvalue weighted by Crippen LogP contribution is 2.34. The Kier molecular flexibility index (Phi) is 4.57. The molecule has 4 aromatic heterocycles. The van der Waals surface area contributed by atoms with Gasteiger partial charge in [-0.1, -0.05) is 11.3 Å². The van der Waals surface area contributed by atoms with Crippen LogP contribution in [0.3, 0.4) is 0 Å². The molecule has 1 aliphatic heterocycles. The average Bonchev–Trinajstić information content (AvgIpc) is 3.20. The van der Waals surface area contributed by atoms with Crippen molar-refractivity contribution >= 4 is 32.3 Å². The van der Waals surface area contributed by atoms with Gasteiger partial charge in [-0.3, -0.25) is 4.98 Å². The van der Waals surface area contributed by atoms with Crippen molar-refractivity contribution in [2.75, 3.05) is 5.32 Å². The van der Waals surface area contributed by atoms with E-state index in [0.29, 0.717) is 17.3 Å². The summed E-state index contributed by atoms with van der Waals surface area (Å²) in [5.74, 6) is -0.352. The molecule has 31 heavy (non-hydrogen) atoms. The van der Waals surface area contributed by atoms with E-state index in [9.17, 15) is 4.39 Å². The van der Waals surface area contributed by atoms with Crippen molar-refractivity contribution in [1.82, 2.24) is 24.7 Å². The van der Waals surface area contributed by atoms with E-state index in [1.165, 1.54) is 6.07 Å². The van der Waals surface area contributed by atoms with Crippen LogP contribution in [0.1, 0.15) is 46.2 Å². The lowest BCUT2D eigenvalue weighted by Crippen LogP contribution is -2.60. The second-order valence-corrected chi connectivity index (χ2v) is 10.9. The van der Waals surface area contributed by atoms with Crippen LogP contribution in [-0.2, 0) is 0 Å². The normalized spacial score (nSPS) is 18.6. The summed E-state index contributed by atoms with van der Waals surface area (Å²) in [6.07, 6.45) is 7.51. The van der Waals surface area contributed by atoms with Crippen molar-refractivity contribution in [1.29, 1.82) is 0 Å². The van der Waals surface area contributed by atoms with E-state index in [2.05, 4.69) is 48.3 Å². The molecule has 5 heterocycles. The number of nitrogens with zero attached hydrogens (tertiary/aromatic N) is 4. The molecular weight excluding hydrogens is 411 g/mol. The number of nitrogens with one attached hydrogen (secondary N) is 2. The molecule has 0 atom stereocenters. The lowest BCUT2D eigenvalue weighted by molar-refractivity contribution is 0.170. The van der Waals surface area contributed by atoms with Crippen molar-refractivity contribution in [3.05, 3.63) is 42.2 Å². The first kappa shape index (κ1) is 20.3. The molecule has 0 aliphatic carbocycles. The molecule has 0 saturated carbocycles. The summed E-state index contributed by atoms with van der Waals surface area (Å²) in [6, 6.07) is 3.83. The Hall–Kier alpha value is -2.58. The number of anilines is 1. The van der Waals surface area contributed by atoms with Gasteiger partial charge in [0.15, 0.2) is 16.6 Å². The number of rotatable bonds is 3. The van der Waals surface area contributed by atoms with Gasteiger partial charge in [0, 0.05) is 35.1 Å². The zero-order chi connectivity index (χ0) is 22.0. The van der Waals surface area contributed by atoms with E-state index in [4.69, 9.17) is 4.98 Å². The number of halogens is 1. The third-order valence-electron chi connectivity index (χ3n) is 5.72. The van der Waals surface area contributed by atoms with Crippen LogP contribution in [0.25, 0.3) is 27.1 Å². The quantitative estimate of drug-likeness (QED) is 0.462. The Morgan fingerprint density at radius 1 is 1.13 bits per heavy atom. The number of hydrogen-bond donors (Lipinski definition) is 2. The standard InChI is InChI=1S/C23H27FN6S/c1-13-11-30-12-14(6-16(24)20(30)26-13)17-7-19-18(10-25-17)28-21(31-19)27-15-8-22(2,3)29-23(4,5)9-15/h6-7,10-12,15,29H,8-9H2,1-5H3,(H,27,28). The molecule has 6 nitrogen and oxygen atoms in total. The molecule has 1 aliphatic rings. The van der Waals surface area contributed by atoms with Gasteiger partial charge in [0.25, 0.3) is 0 Å². The molecule has 0 bridgehead atoms. The van der Waals surface area contributed by atoms with Crippen LogP contribution in [0.5, 0.6) is 0 Å². The Morgan fingerprint density at radius 3 is 2.61 bits per heavy atom. The molecule has 4 aromatic rings. The number of thiazole rings is 1. The Balaban J connectivity index is 1.44. The highest BCUT2D eigenvalue weighted by atomic mass is 32.1. The highest BCUT2D eigenvalue weighted by molar-refractivity contribution is 7.22. The third kappa shape index (κ3) is 4.02. The molecule has 5 rings (SSSR count). The number of aromatic nitrogens is 4. The van der Waals surface area contributed by atoms with Crippen LogP contribution >= 0.6 is 11.3 Å². The molecule has 0 amide bonds. The fourth-order valence-electron chi connectivity index (χ4n) is 4.97. The van der Waals surface area contributed by atoms with Gasteiger partial charge in [0.2, 0.25) is 0 Å². The second kappa shape index (κ2) is 6.97. The van der Waals surface area contributed by atoms with E-state index in [0.717, 1.165) is 39.6 Å². The lowest BCUT2D eigenvalue weighted by atomic mass is 9.80. The summed E-state index contributed by atoms with van der Waals surface area (Å²) in [5, 5.41) is 8.26. The van der Waals surface area contributed by atoms with Crippen molar-refractivity contribution in [3.8, 4) is 11.3 Å². The van der Waals surface area contributed by atoms with Gasteiger partial charge in [-0.15, -0.1) is 0 Å². The maximum atomic E-state index is 14.5. The third-order valence-corrected chi connectivity index (χ3v) is 6.66. The smallest absolute Gasteiger partial charge is 0.184 e. The summed E-state index contributed by atoms with van der Waals surface area (Å²) in [6.45, 7) is 10.8. The predicted octanol–water partition coefficient (Wildman–Crippen LogP) is 5.17. The maximum Gasteiger partial charge on any atom is 0.184 e. The van der Waals surface area contributed by atoms with E-state index in [1.54, 1.807) is 21.9 Å². The first-order chi connectivity index (χ1) is 14.6. The Morgan fingerprint density at radius 2 is 1.87 bits per heavy atom. The minimum atomic E-state index is -0.352. The van der Waals surface area contributed by atoms with Gasteiger partial charge in [-0.2, -0.15) is 0 Å². The molecule has 8 heteroatoms. The van der Waals surface area contributed by atoms with Crippen LogP contribution in [0, 0.1) is 12.7 Å². The minimum Gasteiger partial charge on any atom is -0.359 e. The summed E-state index contributed by atoms with van der Waals surface area (Å²) in [4.78, 5) is 13.5. The van der Waals surface area contributed by atoms with Crippen LogP contribution in [0.4, 0.5) is 9.52 Å². The van der Waals surface area contributed by atoms with Gasteiger partial charge in [0.1, 0.15) is 5.52 Å². The van der Waals surface area contributed by atoms with E-state index in [1.807, 2.05) is 25.4 Å². The molecule has 162 valence electrons. The molecule has 1 saturated heterocycles. The number of aryl methyl sites for hydroxylation is 1. The van der Waals surface area contributed by atoms with Gasteiger partial charge in [-0.05, 0) is 59.6 Å². The lowest BCUT2D eigenvalue weighted by Gasteiger charge is -2.46. The summed E-state index contributed by atoms with van der Waals surface area (Å²) in [7, 11) is 0. The summed E-state index contributed by atoms with van der Waals surface area (Å²) >= 11 is 1.62. The Labute approximate surface area is 184 Å². The largest absolute Gasteiger partial charge is 0.359 e. The molecule has 0 aromatic carbocycles. The fraction of sp³-hybridized carbons (Fsp3) is 0.435. The molecule has 2 N–H and O–H groups in total. The highest BCUT2D eigenvalue weighted by Gasteiger charge is 2.37. The van der Waals surface area contributed by atoms with Crippen molar-refractivity contribution in [2.24, 2.45) is 0 Å². The number of fused-ring (bicyclic) bond motifs is 2. The maximum absolute atomic E-state index is 14.5. The first-order valence-corrected chi connectivity index (χ1v) is 11.4. The van der Waals surface area contributed by atoms with Crippen molar-refractivity contribution in [2.45, 2.75) is 64.6 Å². The van der Waals surface area contributed by atoms with Gasteiger partial charge >= 0.3 is 0 Å². The molecule has 0 unspecified atom stereocenters.